The Bertz CT molecular complexity index is 594. The molecule has 3 fully saturated rings. The van der Waals surface area contributed by atoms with Crippen LogP contribution in [0.15, 0.2) is 11.6 Å². The van der Waals surface area contributed by atoms with Crippen LogP contribution in [0, 0.1) is 5.92 Å². The van der Waals surface area contributed by atoms with Crippen molar-refractivity contribution < 1.29 is 28.9 Å². The first kappa shape index (κ1) is 18.8. The molecule has 2 aliphatic heterocycles. The quantitative estimate of drug-likeness (QED) is 0.251. The maximum atomic E-state index is 12.0. The summed E-state index contributed by atoms with van der Waals surface area (Å²) in [5, 5.41) is 10.5. The number of esters is 1. The van der Waals surface area contributed by atoms with Gasteiger partial charge in [0.05, 0.1) is 30.6 Å². The van der Waals surface area contributed by atoms with E-state index in [9.17, 15) is 14.7 Å². The zero-order valence-corrected chi connectivity index (χ0v) is 15.5. The lowest BCUT2D eigenvalue weighted by atomic mass is 9.68. The summed E-state index contributed by atoms with van der Waals surface area (Å²) < 4.78 is 17.1. The number of alkyl halides is 1. The molecule has 2 saturated heterocycles. The maximum absolute atomic E-state index is 12.0. The summed E-state index contributed by atoms with van der Waals surface area (Å²) in [5.74, 6) is -2.57. The maximum Gasteiger partial charge on any atom is 0.376 e. The molecule has 0 aromatic carbocycles. The largest absolute Gasteiger partial charge is 0.453 e. The van der Waals surface area contributed by atoms with Gasteiger partial charge in [0, 0.05) is 0 Å². The monoisotopic (exact) mass is 372 g/mol. The summed E-state index contributed by atoms with van der Waals surface area (Å²) in [6.45, 7) is 6.57. The third-order valence-corrected chi connectivity index (χ3v) is 5.82. The first-order valence-corrected chi connectivity index (χ1v) is 9.20. The minimum absolute atomic E-state index is 0.0243. The van der Waals surface area contributed by atoms with Crippen molar-refractivity contribution in [2.45, 2.75) is 69.5 Å². The number of carbonyl (C=O) groups excluding carboxylic acids is 2. The molecule has 6 atom stereocenters. The second-order valence-corrected chi connectivity index (χ2v) is 7.94. The van der Waals surface area contributed by atoms with Crippen LogP contribution >= 0.6 is 11.6 Å². The van der Waals surface area contributed by atoms with Crippen molar-refractivity contribution in [1.29, 1.82) is 0 Å². The lowest BCUT2D eigenvalue weighted by Gasteiger charge is -2.41. The highest BCUT2D eigenvalue weighted by Crippen LogP contribution is 2.59. The number of aliphatic hydroxyl groups excluding tert-OH is 1. The number of ketones is 1. The Morgan fingerprint density at radius 2 is 2.08 bits per heavy atom. The summed E-state index contributed by atoms with van der Waals surface area (Å²) in [6.07, 6.45) is 2.29. The molecule has 3 rings (SSSR count). The van der Waals surface area contributed by atoms with Gasteiger partial charge in [0.2, 0.25) is 0 Å². The van der Waals surface area contributed by atoms with Crippen LogP contribution in [0.3, 0.4) is 0 Å². The van der Waals surface area contributed by atoms with E-state index < -0.39 is 41.0 Å². The number of epoxide rings is 2. The molecule has 0 bridgehead atoms. The molecule has 1 aliphatic carbocycles. The molecule has 0 amide bonds. The standard InChI is InChI=1S/C18H25ClO6/c1-10(2)4-5-13-17(3,25-13)15-14(24-16(22)12(21)8-19)11(20)6-7-18(15)9-23-18/h4,11,13-15,20H,5-9H2,1-3H3/t11-,13-,14-,15-,17-,18+/m1/s1. The van der Waals surface area contributed by atoms with Gasteiger partial charge in [-0.05, 0) is 40.0 Å². The van der Waals surface area contributed by atoms with Gasteiger partial charge in [-0.3, -0.25) is 4.79 Å². The Balaban J connectivity index is 1.81. The predicted octanol–water partition coefficient (Wildman–Crippen LogP) is 1.76. The number of Topliss-reactive ketones (excluding diaryl/α,β-unsaturated/α-hetero) is 1. The Hall–Kier alpha value is -0.950. The van der Waals surface area contributed by atoms with Gasteiger partial charge in [0.15, 0.2) is 0 Å². The highest BCUT2D eigenvalue weighted by atomic mass is 35.5. The third kappa shape index (κ3) is 3.50. The van der Waals surface area contributed by atoms with Crippen molar-refractivity contribution in [3.05, 3.63) is 11.6 Å². The van der Waals surface area contributed by atoms with E-state index in [4.69, 9.17) is 25.8 Å². The fourth-order valence-corrected chi connectivity index (χ4v) is 4.17. The minimum atomic E-state index is -1.01. The van der Waals surface area contributed by atoms with E-state index in [0.717, 1.165) is 6.42 Å². The minimum Gasteiger partial charge on any atom is -0.453 e. The molecule has 3 aliphatic rings. The molecule has 0 radical (unpaired) electrons. The molecule has 0 unspecified atom stereocenters. The van der Waals surface area contributed by atoms with Crippen LogP contribution in [0.2, 0.25) is 0 Å². The summed E-state index contributed by atoms with van der Waals surface area (Å²) >= 11 is 5.43. The zero-order valence-electron chi connectivity index (χ0n) is 14.8. The van der Waals surface area contributed by atoms with Gasteiger partial charge >= 0.3 is 5.97 Å². The Kier molecular flexibility index (Phi) is 5.01. The van der Waals surface area contributed by atoms with Crippen LogP contribution in [0.1, 0.15) is 40.0 Å². The molecule has 140 valence electrons. The molecule has 25 heavy (non-hydrogen) atoms. The number of ether oxygens (including phenoxy) is 3. The molecule has 2 heterocycles. The van der Waals surface area contributed by atoms with E-state index in [1.807, 2.05) is 20.8 Å². The highest BCUT2D eigenvalue weighted by Gasteiger charge is 2.72. The fraction of sp³-hybridized carbons (Fsp3) is 0.778. The van der Waals surface area contributed by atoms with Crippen LogP contribution in [0.4, 0.5) is 0 Å². The number of hydrogen-bond acceptors (Lipinski definition) is 6. The van der Waals surface area contributed by atoms with Gasteiger partial charge in [-0.25, -0.2) is 4.79 Å². The Morgan fingerprint density at radius 1 is 1.40 bits per heavy atom. The predicted molar refractivity (Wildman–Crippen MR) is 90.3 cm³/mol. The van der Waals surface area contributed by atoms with E-state index in [1.54, 1.807) is 0 Å². The summed E-state index contributed by atoms with van der Waals surface area (Å²) in [5.41, 5.74) is 0.205. The van der Waals surface area contributed by atoms with Crippen molar-refractivity contribution in [3.63, 3.8) is 0 Å². The van der Waals surface area contributed by atoms with E-state index in [1.165, 1.54) is 5.57 Å². The smallest absolute Gasteiger partial charge is 0.376 e. The molecule has 1 N–H and O–H groups in total. The van der Waals surface area contributed by atoms with Crippen LogP contribution < -0.4 is 0 Å². The van der Waals surface area contributed by atoms with Crippen molar-refractivity contribution in [3.8, 4) is 0 Å². The molecular weight excluding hydrogens is 348 g/mol. The lowest BCUT2D eigenvalue weighted by Crippen LogP contribution is -2.55. The molecule has 6 nitrogen and oxygen atoms in total. The third-order valence-electron chi connectivity index (χ3n) is 5.58. The Labute approximate surface area is 152 Å². The van der Waals surface area contributed by atoms with Gasteiger partial charge in [-0.15, -0.1) is 11.6 Å². The van der Waals surface area contributed by atoms with Gasteiger partial charge in [0.25, 0.3) is 5.78 Å². The normalized spacial score (nSPS) is 42.0. The number of halogens is 1. The number of carbonyl (C=O) groups is 2. The second kappa shape index (κ2) is 6.65. The van der Waals surface area contributed by atoms with Gasteiger partial charge in [-0.2, -0.15) is 0 Å². The van der Waals surface area contributed by atoms with Gasteiger partial charge < -0.3 is 19.3 Å². The summed E-state index contributed by atoms with van der Waals surface area (Å²) in [6, 6.07) is 0. The van der Waals surface area contributed by atoms with Crippen LogP contribution in [0.5, 0.6) is 0 Å². The van der Waals surface area contributed by atoms with E-state index in [-0.39, 0.29) is 12.0 Å². The van der Waals surface area contributed by atoms with Gasteiger partial charge in [-0.1, -0.05) is 11.6 Å². The van der Waals surface area contributed by atoms with Crippen LogP contribution in [0.25, 0.3) is 0 Å². The average molecular weight is 373 g/mol. The lowest BCUT2D eigenvalue weighted by molar-refractivity contribution is -0.175. The highest BCUT2D eigenvalue weighted by molar-refractivity contribution is 6.45. The first-order valence-electron chi connectivity index (χ1n) is 8.66. The zero-order chi connectivity index (χ0) is 18.4. The second-order valence-electron chi connectivity index (χ2n) is 7.67. The summed E-state index contributed by atoms with van der Waals surface area (Å²) in [4.78, 5) is 23.5. The SMILES string of the molecule is CC(C)=CC[C@H]1O[C@@]1(C)[C@H]1[C@H](OC(=O)C(=O)CCl)[C@H](O)CC[C@]12CO2. The molecular formula is C18H25ClO6. The van der Waals surface area contributed by atoms with Crippen molar-refractivity contribution in [1.82, 2.24) is 0 Å². The Morgan fingerprint density at radius 3 is 2.64 bits per heavy atom. The van der Waals surface area contributed by atoms with E-state index >= 15 is 0 Å². The molecule has 0 aromatic rings. The molecule has 7 heteroatoms. The topological polar surface area (TPSA) is 88.7 Å². The first-order chi connectivity index (χ1) is 11.7. The van der Waals surface area contributed by atoms with Gasteiger partial charge in [0.1, 0.15) is 17.3 Å². The number of allylic oxidation sites excluding steroid dienone is 1. The molecule has 1 saturated carbocycles. The van der Waals surface area contributed by atoms with Crippen molar-refractivity contribution >= 4 is 23.4 Å². The fourth-order valence-electron chi connectivity index (χ4n) is 4.06. The van der Waals surface area contributed by atoms with Crippen LogP contribution in [-0.4, -0.2) is 58.9 Å². The van der Waals surface area contributed by atoms with Crippen LogP contribution in [-0.2, 0) is 23.8 Å². The average Bonchev–Trinajstić information content (AvgIpc) is 3.46. The van der Waals surface area contributed by atoms with E-state index in [2.05, 4.69) is 6.08 Å². The van der Waals surface area contributed by atoms with E-state index in [0.29, 0.717) is 19.4 Å². The van der Waals surface area contributed by atoms with Crippen molar-refractivity contribution in [2.75, 3.05) is 12.5 Å². The molecule has 1 spiro atoms. The summed E-state index contributed by atoms with van der Waals surface area (Å²) in [7, 11) is 0. The number of hydrogen-bond donors (Lipinski definition) is 1. The van der Waals surface area contributed by atoms with Crippen molar-refractivity contribution in [2.24, 2.45) is 5.92 Å². The number of rotatable bonds is 6. The molecule has 0 aromatic heterocycles. The number of aliphatic hydroxyl groups is 1.